The highest BCUT2D eigenvalue weighted by Crippen LogP contribution is 2.48. The van der Waals surface area contributed by atoms with Crippen molar-refractivity contribution in [1.82, 2.24) is 0 Å². The van der Waals surface area contributed by atoms with Crippen LogP contribution in [-0.2, 0) is 0 Å². The molecular weight excluding hydrogens is 396 g/mol. The van der Waals surface area contributed by atoms with Crippen LogP contribution >= 0.6 is 22.6 Å². The van der Waals surface area contributed by atoms with Gasteiger partial charge in [-0.1, -0.05) is 6.42 Å². The maximum Gasteiger partial charge on any atom is 0.435 e. The number of allylic oxidation sites excluding steroid dienone is 2. The molecule has 9 heteroatoms. The Labute approximate surface area is 119 Å². The molecular formula is C10H12F7IO. The third-order valence-electron chi connectivity index (χ3n) is 2.25. The van der Waals surface area contributed by atoms with Crippen molar-refractivity contribution in [3.8, 4) is 0 Å². The fraction of sp³-hybridized carbons (Fsp3) is 0.800. The number of halogens is 8. The van der Waals surface area contributed by atoms with E-state index in [0.717, 1.165) is 0 Å². The van der Waals surface area contributed by atoms with Crippen LogP contribution in [0.25, 0.3) is 0 Å². The Morgan fingerprint density at radius 2 is 1.37 bits per heavy atom. The minimum atomic E-state index is -6.05. The molecule has 114 valence electrons. The first-order valence-corrected chi connectivity index (χ1v) is 6.34. The quantitative estimate of drug-likeness (QED) is 0.384. The molecule has 0 unspecified atom stereocenters. The molecule has 1 N–H and O–H groups in total. The molecule has 0 aliphatic heterocycles. The Bertz CT molecular complexity index is 294. The maximum absolute atomic E-state index is 13.3. The zero-order valence-corrected chi connectivity index (χ0v) is 11.7. The second-order valence-corrected chi connectivity index (χ2v) is 5.22. The van der Waals surface area contributed by atoms with E-state index in [0.29, 0.717) is 12.8 Å². The van der Waals surface area contributed by atoms with E-state index in [2.05, 4.69) is 0 Å². The van der Waals surface area contributed by atoms with Gasteiger partial charge in [0.15, 0.2) is 0 Å². The predicted octanol–water partition coefficient (Wildman–Crippen LogP) is 4.69. The van der Waals surface area contributed by atoms with Gasteiger partial charge in [-0.25, -0.2) is 4.39 Å². The first kappa shape index (κ1) is 18.9. The van der Waals surface area contributed by atoms with Crippen molar-refractivity contribution in [1.29, 1.82) is 0 Å². The molecule has 0 aromatic heterocycles. The van der Waals surface area contributed by atoms with Gasteiger partial charge in [-0.05, 0) is 51.5 Å². The van der Waals surface area contributed by atoms with Gasteiger partial charge in [0.2, 0.25) is 0 Å². The standard InChI is InChI=1S/C10H12F7IO/c11-8(9(12,13)14,10(15,16)17)6-7(18)4-2-1-3-5-19/h6,19H,1-5H2. The molecule has 0 atom stereocenters. The molecule has 0 amide bonds. The van der Waals surface area contributed by atoms with Crippen molar-refractivity contribution in [3.05, 3.63) is 9.66 Å². The average molecular weight is 408 g/mol. The Morgan fingerprint density at radius 1 is 0.895 bits per heavy atom. The van der Waals surface area contributed by atoms with Gasteiger partial charge in [-0.3, -0.25) is 0 Å². The topological polar surface area (TPSA) is 20.2 Å². The van der Waals surface area contributed by atoms with E-state index in [1.807, 2.05) is 0 Å². The fourth-order valence-corrected chi connectivity index (χ4v) is 2.01. The van der Waals surface area contributed by atoms with E-state index in [1.54, 1.807) is 0 Å². The van der Waals surface area contributed by atoms with Gasteiger partial charge in [0.05, 0.1) is 0 Å². The number of aliphatic hydroxyl groups excluding tert-OH is 1. The lowest BCUT2D eigenvalue weighted by Gasteiger charge is -2.27. The van der Waals surface area contributed by atoms with Gasteiger partial charge in [0.25, 0.3) is 0 Å². The van der Waals surface area contributed by atoms with Crippen molar-refractivity contribution in [2.24, 2.45) is 0 Å². The Hall–Kier alpha value is -0.0600. The summed E-state index contributed by atoms with van der Waals surface area (Å²) in [6, 6.07) is 0. The number of alkyl halides is 7. The first-order chi connectivity index (χ1) is 8.45. The second-order valence-electron chi connectivity index (χ2n) is 3.83. The predicted molar refractivity (Wildman–Crippen MR) is 63.6 cm³/mol. The van der Waals surface area contributed by atoms with Crippen LogP contribution in [0.1, 0.15) is 25.7 Å². The highest BCUT2D eigenvalue weighted by Gasteiger charge is 2.71. The molecule has 0 bridgehead atoms. The number of aliphatic hydroxyl groups is 1. The number of hydrogen-bond donors (Lipinski definition) is 1. The van der Waals surface area contributed by atoms with E-state index in [9.17, 15) is 30.7 Å². The Balaban J connectivity index is 4.92. The number of unbranched alkanes of at least 4 members (excludes halogenated alkanes) is 2. The molecule has 0 aromatic rings. The van der Waals surface area contributed by atoms with Gasteiger partial charge < -0.3 is 5.11 Å². The van der Waals surface area contributed by atoms with Crippen LogP contribution in [-0.4, -0.2) is 29.7 Å². The van der Waals surface area contributed by atoms with Crippen molar-refractivity contribution in [2.45, 2.75) is 43.7 Å². The molecule has 0 aliphatic rings. The van der Waals surface area contributed by atoms with Gasteiger partial charge in [-0.2, -0.15) is 26.3 Å². The molecule has 0 aromatic carbocycles. The SMILES string of the molecule is OCCCCCC(I)=CC(F)(C(F)(F)F)C(F)(F)F. The summed E-state index contributed by atoms with van der Waals surface area (Å²) in [5.41, 5.74) is -5.33. The number of hydrogen-bond acceptors (Lipinski definition) is 1. The molecule has 0 rings (SSSR count). The lowest BCUT2D eigenvalue weighted by atomic mass is 10.0. The third-order valence-corrected chi connectivity index (χ3v) is 3.11. The van der Waals surface area contributed by atoms with E-state index < -0.39 is 24.1 Å². The van der Waals surface area contributed by atoms with Crippen LogP contribution in [0.2, 0.25) is 0 Å². The molecule has 1 nitrogen and oxygen atoms in total. The van der Waals surface area contributed by atoms with Crippen molar-refractivity contribution in [3.63, 3.8) is 0 Å². The van der Waals surface area contributed by atoms with Gasteiger partial charge in [0, 0.05) is 6.61 Å². The third kappa shape index (κ3) is 5.44. The van der Waals surface area contributed by atoms with Crippen molar-refractivity contribution >= 4 is 22.6 Å². The second kappa shape index (κ2) is 7.09. The van der Waals surface area contributed by atoms with Crippen LogP contribution in [0.3, 0.4) is 0 Å². The number of rotatable bonds is 6. The summed E-state index contributed by atoms with van der Waals surface area (Å²) in [4.78, 5) is 0. The lowest BCUT2D eigenvalue weighted by Crippen LogP contribution is -2.51. The molecule has 0 radical (unpaired) electrons. The van der Waals surface area contributed by atoms with Crippen molar-refractivity contribution < 1.29 is 35.8 Å². The summed E-state index contributed by atoms with van der Waals surface area (Å²) >= 11 is 1.26. The zero-order valence-electron chi connectivity index (χ0n) is 9.58. The summed E-state index contributed by atoms with van der Waals surface area (Å²) in [5.74, 6) is 0. The molecule has 0 saturated carbocycles. The summed E-state index contributed by atoms with van der Waals surface area (Å²) < 4.78 is 86.3. The average Bonchev–Trinajstić information content (AvgIpc) is 2.21. The van der Waals surface area contributed by atoms with Gasteiger partial charge in [-0.15, -0.1) is 0 Å². The smallest absolute Gasteiger partial charge is 0.396 e. The minimum Gasteiger partial charge on any atom is -0.396 e. The summed E-state index contributed by atoms with van der Waals surface area (Å²) in [7, 11) is 0. The fourth-order valence-electron chi connectivity index (χ4n) is 1.19. The van der Waals surface area contributed by atoms with Crippen LogP contribution in [0.15, 0.2) is 9.66 Å². The Kier molecular flexibility index (Phi) is 7.07. The minimum absolute atomic E-state index is 0.0988. The molecule has 0 saturated heterocycles. The van der Waals surface area contributed by atoms with E-state index in [1.165, 1.54) is 22.6 Å². The monoisotopic (exact) mass is 408 g/mol. The van der Waals surface area contributed by atoms with Gasteiger partial charge >= 0.3 is 18.0 Å². The zero-order chi connectivity index (χ0) is 15.3. The van der Waals surface area contributed by atoms with Crippen LogP contribution in [0, 0.1) is 0 Å². The highest BCUT2D eigenvalue weighted by atomic mass is 127. The molecule has 19 heavy (non-hydrogen) atoms. The van der Waals surface area contributed by atoms with Gasteiger partial charge in [0.1, 0.15) is 0 Å². The van der Waals surface area contributed by atoms with Crippen LogP contribution in [0.4, 0.5) is 30.7 Å². The maximum atomic E-state index is 13.3. The van der Waals surface area contributed by atoms with Crippen LogP contribution in [0.5, 0.6) is 0 Å². The highest BCUT2D eigenvalue weighted by molar-refractivity contribution is 14.1. The summed E-state index contributed by atoms with van der Waals surface area (Å²) in [6.45, 7) is -0.113. The van der Waals surface area contributed by atoms with E-state index in [-0.39, 0.29) is 23.0 Å². The Morgan fingerprint density at radius 3 is 1.74 bits per heavy atom. The summed E-state index contributed by atoms with van der Waals surface area (Å²) in [6.07, 6.45) is -11.5. The molecule has 0 heterocycles. The normalized spacial score (nSPS) is 14.9. The largest absolute Gasteiger partial charge is 0.435 e. The molecule has 0 fully saturated rings. The van der Waals surface area contributed by atoms with E-state index >= 15 is 0 Å². The first-order valence-electron chi connectivity index (χ1n) is 5.26. The lowest BCUT2D eigenvalue weighted by molar-refractivity contribution is -0.322. The molecule has 0 aliphatic carbocycles. The summed E-state index contributed by atoms with van der Waals surface area (Å²) in [5, 5.41) is 8.46. The van der Waals surface area contributed by atoms with E-state index in [4.69, 9.17) is 5.11 Å². The van der Waals surface area contributed by atoms with Crippen LogP contribution < -0.4 is 0 Å². The molecule has 0 spiro atoms. The van der Waals surface area contributed by atoms with Crippen molar-refractivity contribution in [2.75, 3.05) is 6.61 Å².